The van der Waals surface area contributed by atoms with Gasteiger partial charge in [-0.1, -0.05) is 73.5 Å². The lowest BCUT2D eigenvalue weighted by Crippen LogP contribution is -2.46. The van der Waals surface area contributed by atoms with Gasteiger partial charge in [0.2, 0.25) is 11.8 Å². The van der Waals surface area contributed by atoms with Crippen molar-refractivity contribution in [3.63, 3.8) is 0 Å². The molecule has 2 fully saturated rings. The van der Waals surface area contributed by atoms with Crippen molar-refractivity contribution in [1.82, 2.24) is 4.90 Å². The van der Waals surface area contributed by atoms with Gasteiger partial charge in [0, 0.05) is 18.4 Å². The average molecular weight is 666 g/mol. The van der Waals surface area contributed by atoms with Gasteiger partial charge in [-0.3, -0.25) is 19.3 Å². The van der Waals surface area contributed by atoms with Crippen LogP contribution in [0.2, 0.25) is 6.32 Å². The average Bonchev–Trinajstić information content (AvgIpc) is 3.34. The number of likely N-dealkylation sites (tertiary alicyclic amines) is 1. The normalized spacial score (nSPS) is 22.4. The third-order valence-electron chi connectivity index (χ3n) is 10.3. The number of rotatable bonds is 14. The molecule has 0 unspecified atom stereocenters. The van der Waals surface area contributed by atoms with E-state index < -0.39 is 31.0 Å². The van der Waals surface area contributed by atoms with Crippen molar-refractivity contribution in [3.05, 3.63) is 89.0 Å². The van der Waals surface area contributed by atoms with E-state index in [1.165, 1.54) is 10.5 Å². The Morgan fingerprint density at radius 2 is 1.71 bits per heavy atom. The van der Waals surface area contributed by atoms with Crippen molar-refractivity contribution in [1.29, 1.82) is 0 Å². The lowest BCUT2D eigenvalue weighted by Gasteiger charge is -2.43. The Morgan fingerprint density at radius 1 is 0.959 bits per heavy atom. The van der Waals surface area contributed by atoms with E-state index in [2.05, 4.69) is 13.0 Å². The van der Waals surface area contributed by atoms with Gasteiger partial charge < -0.3 is 24.6 Å². The molecule has 0 spiro atoms. The van der Waals surface area contributed by atoms with Crippen molar-refractivity contribution in [2.75, 3.05) is 13.2 Å². The van der Waals surface area contributed by atoms with E-state index in [-0.39, 0.29) is 49.4 Å². The number of phenols is 1. The quantitative estimate of drug-likeness (QED) is 0.0756. The number of unbranched alkanes of at least 4 members (excludes halogenated alkanes) is 2. The summed E-state index contributed by atoms with van der Waals surface area (Å²) < 4.78 is 12.5. The fourth-order valence-corrected chi connectivity index (χ4v) is 7.91. The van der Waals surface area contributed by atoms with Gasteiger partial charge in [0.25, 0.3) is 0 Å². The van der Waals surface area contributed by atoms with Crippen LogP contribution in [-0.4, -0.2) is 64.3 Å². The minimum atomic E-state index is -1.07. The maximum atomic E-state index is 13.9. The highest BCUT2D eigenvalue weighted by Gasteiger charge is 2.57. The summed E-state index contributed by atoms with van der Waals surface area (Å²) in [6, 6.07) is 20.9. The number of ether oxygens (including phenoxy) is 1. The smallest absolute Gasteiger partial charge is 0.455 e. The van der Waals surface area contributed by atoms with Gasteiger partial charge in [-0.2, -0.15) is 0 Å². The lowest BCUT2D eigenvalue weighted by molar-refractivity contribution is -0.141. The first-order valence-corrected chi connectivity index (χ1v) is 17.5. The van der Waals surface area contributed by atoms with Gasteiger partial charge in [-0.15, -0.1) is 0 Å². The predicted molar refractivity (Wildman–Crippen MR) is 188 cm³/mol. The molecule has 0 aromatic heterocycles. The van der Waals surface area contributed by atoms with E-state index in [1.807, 2.05) is 60.7 Å². The molecule has 1 aliphatic carbocycles. The van der Waals surface area contributed by atoms with Crippen molar-refractivity contribution < 1.29 is 39.0 Å². The highest BCUT2D eigenvalue weighted by molar-refractivity contribution is 6.43. The zero-order chi connectivity index (χ0) is 34.5. The molecule has 0 radical (unpaired) electrons. The minimum absolute atomic E-state index is 0.0625. The zero-order valence-corrected chi connectivity index (χ0v) is 27.9. The molecule has 6 rings (SSSR count). The molecule has 2 heterocycles. The maximum Gasteiger partial charge on any atom is 0.455 e. The summed E-state index contributed by atoms with van der Waals surface area (Å²) in [5, 5.41) is 32.1. The fraction of sp³-hybridized carbons (Fsp3) is 0.410. The Balaban J connectivity index is 1.26. The van der Waals surface area contributed by atoms with E-state index in [9.17, 15) is 24.5 Å². The molecule has 3 aliphatic rings. The monoisotopic (exact) mass is 665 g/mol. The van der Waals surface area contributed by atoms with Crippen LogP contribution in [0.25, 0.3) is 16.8 Å². The van der Waals surface area contributed by atoms with E-state index in [0.717, 1.165) is 33.9 Å². The summed E-state index contributed by atoms with van der Waals surface area (Å²) in [7, 11) is -1.07. The van der Waals surface area contributed by atoms with E-state index in [4.69, 9.17) is 14.5 Å². The third-order valence-corrected chi connectivity index (χ3v) is 10.3. The van der Waals surface area contributed by atoms with Gasteiger partial charge in [0.15, 0.2) is 0 Å². The number of phenolic OH excluding ortho intramolecular Hbond substituents is 1. The van der Waals surface area contributed by atoms with Gasteiger partial charge in [-0.25, -0.2) is 0 Å². The van der Waals surface area contributed by atoms with Crippen LogP contribution in [0, 0.1) is 17.8 Å². The number of para-hydroxylation sites is 1. The number of nitrogens with zero attached hydrogens (tertiary/aromatic N) is 1. The predicted octanol–water partition coefficient (Wildman–Crippen LogP) is 6.64. The number of hydrogen-bond acceptors (Lipinski definition) is 7. The lowest BCUT2D eigenvalue weighted by atomic mass is 9.58. The summed E-state index contributed by atoms with van der Waals surface area (Å²) in [5.74, 6) is -1.78. The Morgan fingerprint density at radius 3 is 2.47 bits per heavy atom. The van der Waals surface area contributed by atoms with Gasteiger partial charge in [-0.05, 0) is 91.1 Å². The number of carbonyl (C=O) groups excluding carboxylic acids is 2. The van der Waals surface area contributed by atoms with E-state index in [1.54, 1.807) is 6.07 Å². The molecule has 2 aliphatic heterocycles. The topological polar surface area (TPSA) is 134 Å². The summed E-state index contributed by atoms with van der Waals surface area (Å²) in [4.78, 5) is 40.0. The molecular weight excluding hydrogens is 621 g/mol. The number of aliphatic carboxylic acids is 1. The highest BCUT2D eigenvalue weighted by atomic mass is 16.5. The van der Waals surface area contributed by atoms with E-state index >= 15 is 0 Å². The maximum absolute atomic E-state index is 13.9. The summed E-state index contributed by atoms with van der Waals surface area (Å²) in [5.41, 5.74) is 4.12. The summed E-state index contributed by atoms with van der Waals surface area (Å²) >= 11 is 0. The Labute approximate surface area is 287 Å². The van der Waals surface area contributed by atoms with Crippen LogP contribution in [0.4, 0.5) is 0 Å². The summed E-state index contributed by atoms with van der Waals surface area (Å²) in [6.07, 6.45) is 6.12. The highest BCUT2D eigenvalue weighted by Crippen LogP contribution is 2.51. The number of hydrogen-bond donors (Lipinski definition) is 3. The molecule has 4 atom stereocenters. The third kappa shape index (κ3) is 7.60. The Hall–Kier alpha value is -4.41. The molecule has 2 amide bonds. The first-order chi connectivity index (χ1) is 23.7. The number of fused-ring (bicyclic) bond motifs is 4. The van der Waals surface area contributed by atoms with Gasteiger partial charge in [0.05, 0.1) is 17.9 Å². The van der Waals surface area contributed by atoms with Crippen molar-refractivity contribution >= 4 is 41.8 Å². The van der Waals surface area contributed by atoms with Crippen LogP contribution < -0.4 is 4.74 Å². The number of allylic oxidation sites excluding steroid dienone is 1. The minimum Gasteiger partial charge on any atom is -0.507 e. The number of carboxylic acids is 1. The Kier molecular flexibility index (Phi) is 10.9. The first-order valence-electron chi connectivity index (χ1n) is 17.5. The number of benzene rings is 3. The van der Waals surface area contributed by atoms with Crippen LogP contribution in [0.3, 0.4) is 0 Å². The Bertz CT molecular complexity index is 1750. The molecule has 10 heteroatoms. The first kappa shape index (κ1) is 34.5. The second-order valence-electron chi connectivity index (χ2n) is 13.4. The van der Waals surface area contributed by atoms with E-state index in [0.29, 0.717) is 44.3 Å². The van der Waals surface area contributed by atoms with Crippen LogP contribution in [0.1, 0.15) is 63.9 Å². The second-order valence-corrected chi connectivity index (χ2v) is 13.4. The number of carbonyl (C=O) groups is 3. The molecule has 3 N–H and O–H groups in total. The molecule has 0 bridgehead atoms. The molecule has 2 saturated heterocycles. The van der Waals surface area contributed by atoms with Gasteiger partial charge in [0.1, 0.15) is 18.1 Å². The molecule has 49 heavy (non-hydrogen) atoms. The largest absolute Gasteiger partial charge is 0.507 e. The molecular formula is C39H44BNO8. The van der Waals surface area contributed by atoms with Crippen molar-refractivity contribution in [2.24, 2.45) is 17.8 Å². The zero-order valence-electron chi connectivity index (χ0n) is 27.9. The number of imide groups is 1. The fourth-order valence-electron chi connectivity index (χ4n) is 7.91. The SMILES string of the molecule is CC/C(=C\c1ccc(O)c2ccccc12)CC[C@H]1OB(O)C[C@H]2C1=C(COc1ccccc1)C[C@H]1C(=O)N(CCCCCC(=O)O)C(=O)[C@H]12. The van der Waals surface area contributed by atoms with Crippen molar-refractivity contribution in [2.45, 2.75) is 70.7 Å². The molecule has 0 saturated carbocycles. The standard InChI is InChI=1S/C39H44BNO8/c1-2-25(21-26-17-18-33(42)30-14-9-8-13-29(26)30)16-19-34-36-27(24-48-28-11-5-3-6-12-28)22-31-37(32(36)23-40(47)49-34)39(46)41(38(31)45)20-10-4-7-15-35(43)44/h3,5-6,8-9,11-14,17-18,21,31-32,34,37,42,47H,2,4,7,10,15-16,19-20,22-24H2,1H3,(H,43,44)/b25-21+/t31-,32+,34-,37-/m1/s1. The molecule has 3 aromatic carbocycles. The number of amides is 2. The van der Waals surface area contributed by atoms with Crippen LogP contribution in [0.15, 0.2) is 83.4 Å². The molecule has 256 valence electrons. The molecule has 3 aromatic rings. The van der Waals surface area contributed by atoms with Crippen LogP contribution in [-0.2, 0) is 19.0 Å². The second kappa shape index (κ2) is 15.4. The van der Waals surface area contributed by atoms with Crippen molar-refractivity contribution in [3.8, 4) is 11.5 Å². The van der Waals surface area contributed by atoms with Crippen LogP contribution >= 0.6 is 0 Å². The number of carboxylic acid groups (broad SMARTS) is 1. The van der Waals surface area contributed by atoms with Crippen LogP contribution in [0.5, 0.6) is 11.5 Å². The summed E-state index contributed by atoms with van der Waals surface area (Å²) in [6.45, 7) is 2.62. The van der Waals surface area contributed by atoms with Gasteiger partial charge >= 0.3 is 13.1 Å². The molecule has 9 nitrogen and oxygen atoms in total. The number of aromatic hydroxyl groups is 1.